The van der Waals surface area contributed by atoms with Crippen molar-refractivity contribution in [1.82, 2.24) is 0 Å². The summed E-state index contributed by atoms with van der Waals surface area (Å²) in [5, 5.41) is 16.9. The number of aliphatic carboxylic acids is 1. The van der Waals surface area contributed by atoms with Gasteiger partial charge in [-0.15, -0.1) is 0 Å². The molecule has 2 atom stereocenters. The Morgan fingerprint density at radius 1 is 0.862 bits per heavy atom. The van der Waals surface area contributed by atoms with Gasteiger partial charge in [0.2, 0.25) is 0 Å². The van der Waals surface area contributed by atoms with Gasteiger partial charge < -0.3 is 10.2 Å². The standard InChI is InChI=1S/C17H26F8O3S/c1-2-3-4-5-6-7-9-12(15(28,13(26)27)17(23,24)25)29-11-8-10-14(18,19)16(20,21)22/h12,28H,2-11H2,1H3,(H,26,27). The van der Waals surface area contributed by atoms with Crippen molar-refractivity contribution in [3.8, 4) is 0 Å². The Labute approximate surface area is 168 Å². The monoisotopic (exact) mass is 462 g/mol. The van der Waals surface area contributed by atoms with Crippen LogP contribution in [0.2, 0.25) is 0 Å². The Bertz CT molecular complexity index is 496. The average Bonchev–Trinajstić information content (AvgIpc) is 2.56. The molecule has 174 valence electrons. The summed E-state index contributed by atoms with van der Waals surface area (Å²) in [5.41, 5.74) is -4.12. The van der Waals surface area contributed by atoms with Crippen molar-refractivity contribution in [1.29, 1.82) is 0 Å². The molecule has 0 saturated carbocycles. The van der Waals surface area contributed by atoms with E-state index < -0.39 is 53.7 Å². The minimum Gasteiger partial charge on any atom is -0.479 e. The summed E-state index contributed by atoms with van der Waals surface area (Å²) in [7, 11) is 0. The van der Waals surface area contributed by atoms with Crippen LogP contribution in [0.1, 0.15) is 64.7 Å². The fourth-order valence-corrected chi connectivity index (χ4v) is 4.03. The first-order valence-electron chi connectivity index (χ1n) is 9.20. The van der Waals surface area contributed by atoms with E-state index in [2.05, 4.69) is 0 Å². The van der Waals surface area contributed by atoms with Gasteiger partial charge in [-0.05, 0) is 18.6 Å². The molecule has 2 unspecified atom stereocenters. The fraction of sp³-hybridized carbons (Fsp3) is 0.941. The summed E-state index contributed by atoms with van der Waals surface area (Å²) >= 11 is 0.252. The van der Waals surface area contributed by atoms with E-state index in [-0.39, 0.29) is 24.6 Å². The third-order valence-electron chi connectivity index (χ3n) is 4.41. The molecule has 0 saturated heterocycles. The first-order valence-corrected chi connectivity index (χ1v) is 10.2. The zero-order valence-electron chi connectivity index (χ0n) is 15.9. The second kappa shape index (κ2) is 11.6. The molecule has 0 amide bonds. The number of carboxylic acid groups (broad SMARTS) is 1. The lowest BCUT2D eigenvalue weighted by atomic mass is 9.94. The van der Waals surface area contributed by atoms with Crippen molar-refractivity contribution in [3.05, 3.63) is 0 Å². The maximum atomic E-state index is 13.2. The number of aliphatic hydroxyl groups is 1. The summed E-state index contributed by atoms with van der Waals surface area (Å²) in [6.07, 6.45) is -10.1. The number of carboxylic acids is 1. The molecule has 0 aliphatic heterocycles. The predicted octanol–water partition coefficient (Wildman–Crippen LogP) is 6.19. The zero-order chi connectivity index (χ0) is 22.9. The summed E-state index contributed by atoms with van der Waals surface area (Å²) in [5.74, 6) is -8.11. The number of carbonyl (C=O) groups is 1. The van der Waals surface area contributed by atoms with Crippen LogP contribution < -0.4 is 0 Å². The molecule has 12 heteroatoms. The van der Waals surface area contributed by atoms with E-state index in [1.807, 2.05) is 6.92 Å². The average molecular weight is 462 g/mol. The highest BCUT2D eigenvalue weighted by Crippen LogP contribution is 2.43. The summed E-state index contributed by atoms with van der Waals surface area (Å²) < 4.78 is 102. The lowest BCUT2D eigenvalue weighted by Crippen LogP contribution is -2.59. The topological polar surface area (TPSA) is 57.5 Å². The maximum absolute atomic E-state index is 13.2. The van der Waals surface area contributed by atoms with Crippen LogP contribution >= 0.6 is 11.8 Å². The van der Waals surface area contributed by atoms with Gasteiger partial charge in [0.25, 0.3) is 5.60 Å². The van der Waals surface area contributed by atoms with Gasteiger partial charge in [0, 0.05) is 6.42 Å². The Morgan fingerprint density at radius 2 is 1.38 bits per heavy atom. The fourth-order valence-electron chi connectivity index (χ4n) is 2.63. The van der Waals surface area contributed by atoms with E-state index in [0.717, 1.165) is 19.3 Å². The predicted molar refractivity (Wildman–Crippen MR) is 93.1 cm³/mol. The van der Waals surface area contributed by atoms with Crippen molar-refractivity contribution >= 4 is 17.7 Å². The van der Waals surface area contributed by atoms with Gasteiger partial charge in [0.05, 0.1) is 5.25 Å². The van der Waals surface area contributed by atoms with E-state index in [0.29, 0.717) is 12.8 Å². The molecule has 0 aliphatic rings. The first-order chi connectivity index (χ1) is 13.1. The number of rotatable bonds is 14. The Hall–Kier alpha value is -0.780. The molecule has 0 aromatic rings. The third kappa shape index (κ3) is 8.47. The van der Waals surface area contributed by atoms with Crippen molar-refractivity contribution in [3.63, 3.8) is 0 Å². The van der Waals surface area contributed by atoms with Gasteiger partial charge >= 0.3 is 24.2 Å². The van der Waals surface area contributed by atoms with Crippen LogP contribution in [0.3, 0.4) is 0 Å². The molecule has 0 heterocycles. The van der Waals surface area contributed by atoms with Gasteiger partial charge in [-0.1, -0.05) is 45.4 Å². The molecule has 0 aromatic heterocycles. The van der Waals surface area contributed by atoms with E-state index in [4.69, 9.17) is 5.11 Å². The Kier molecular flexibility index (Phi) is 11.3. The molecule has 3 nitrogen and oxygen atoms in total. The van der Waals surface area contributed by atoms with E-state index in [9.17, 15) is 45.0 Å². The molecular weight excluding hydrogens is 436 g/mol. The second-order valence-corrected chi connectivity index (χ2v) is 8.10. The normalized spacial score (nSPS) is 16.5. The SMILES string of the molecule is CCCCCCCCC(SCCCC(F)(F)C(F)(F)F)C(O)(C(=O)O)C(F)(F)F. The van der Waals surface area contributed by atoms with E-state index >= 15 is 0 Å². The Balaban J connectivity index is 5.03. The summed E-state index contributed by atoms with van der Waals surface area (Å²) in [6, 6.07) is 0. The van der Waals surface area contributed by atoms with Gasteiger partial charge in [0.15, 0.2) is 0 Å². The van der Waals surface area contributed by atoms with E-state index in [1.54, 1.807) is 0 Å². The number of hydrogen-bond acceptors (Lipinski definition) is 3. The molecule has 29 heavy (non-hydrogen) atoms. The smallest absolute Gasteiger partial charge is 0.453 e. The second-order valence-electron chi connectivity index (χ2n) is 6.79. The summed E-state index contributed by atoms with van der Waals surface area (Å²) in [4.78, 5) is 11.2. The zero-order valence-corrected chi connectivity index (χ0v) is 16.7. The number of unbranched alkanes of at least 4 members (excludes halogenated alkanes) is 5. The van der Waals surface area contributed by atoms with Crippen LogP contribution in [0.25, 0.3) is 0 Å². The molecule has 0 aromatic carbocycles. The van der Waals surface area contributed by atoms with Crippen LogP contribution in [0.5, 0.6) is 0 Å². The van der Waals surface area contributed by atoms with Crippen LogP contribution in [-0.2, 0) is 4.79 Å². The van der Waals surface area contributed by atoms with Crippen molar-refractivity contribution < 1.29 is 50.1 Å². The van der Waals surface area contributed by atoms with Gasteiger partial charge in [-0.2, -0.15) is 46.9 Å². The van der Waals surface area contributed by atoms with Gasteiger partial charge in [-0.25, -0.2) is 4.79 Å². The number of hydrogen-bond donors (Lipinski definition) is 2. The molecule has 0 bridgehead atoms. The van der Waals surface area contributed by atoms with Crippen LogP contribution in [0.15, 0.2) is 0 Å². The highest BCUT2D eigenvalue weighted by molar-refractivity contribution is 8.00. The molecule has 0 spiro atoms. The minimum absolute atomic E-state index is 0.158. The minimum atomic E-state index is -5.77. The van der Waals surface area contributed by atoms with Gasteiger partial charge in [-0.3, -0.25) is 0 Å². The quantitative estimate of drug-likeness (QED) is 0.239. The maximum Gasteiger partial charge on any atom is 0.453 e. The lowest BCUT2D eigenvalue weighted by molar-refractivity contribution is -0.284. The Morgan fingerprint density at radius 3 is 1.83 bits per heavy atom. The summed E-state index contributed by atoms with van der Waals surface area (Å²) in [6.45, 7) is 1.96. The van der Waals surface area contributed by atoms with Crippen LogP contribution in [-0.4, -0.2) is 51.1 Å². The van der Waals surface area contributed by atoms with Crippen LogP contribution in [0.4, 0.5) is 35.1 Å². The highest BCUT2D eigenvalue weighted by atomic mass is 32.2. The van der Waals surface area contributed by atoms with Crippen molar-refractivity contribution in [2.75, 3.05) is 5.75 Å². The highest BCUT2D eigenvalue weighted by Gasteiger charge is 2.64. The number of halogens is 8. The van der Waals surface area contributed by atoms with Crippen LogP contribution in [0, 0.1) is 0 Å². The van der Waals surface area contributed by atoms with E-state index in [1.165, 1.54) is 0 Å². The molecule has 0 aliphatic carbocycles. The largest absolute Gasteiger partial charge is 0.479 e. The molecule has 2 N–H and O–H groups in total. The number of thioether (sulfide) groups is 1. The molecular formula is C17H26F8O3S. The molecule has 0 fully saturated rings. The van der Waals surface area contributed by atoms with Crippen molar-refractivity contribution in [2.45, 2.75) is 93.8 Å². The lowest BCUT2D eigenvalue weighted by Gasteiger charge is -2.34. The van der Waals surface area contributed by atoms with Gasteiger partial charge in [0.1, 0.15) is 0 Å². The molecule has 0 radical (unpaired) electrons. The first kappa shape index (κ1) is 28.2. The third-order valence-corrected chi connectivity index (χ3v) is 5.92. The number of alkyl halides is 8. The van der Waals surface area contributed by atoms with Crippen molar-refractivity contribution in [2.24, 2.45) is 0 Å². The molecule has 0 rings (SSSR count).